The predicted octanol–water partition coefficient (Wildman–Crippen LogP) is 4.19. The SMILES string of the molecule is CN1CCCCc2c3ccc(O)c2O[C@@H]2C[C@@H](CC=C2OC(=O)c2ccccc2O)[C@H]1C3. The largest absolute Gasteiger partial charge is 0.507 e. The first-order valence-electron chi connectivity index (χ1n) is 11.4. The van der Waals surface area contributed by atoms with E-state index in [1.165, 1.54) is 17.7 Å². The Morgan fingerprint density at radius 1 is 1.12 bits per heavy atom. The molecule has 2 N–H and O–H groups in total. The maximum atomic E-state index is 12.8. The number of carbonyl (C=O) groups excluding carboxylic acids is 1. The average Bonchev–Trinajstić information content (AvgIpc) is 2.88. The normalized spacial score (nSPS) is 25.2. The van der Waals surface area contributed by atoms with E-state index >= 15 is 0 Å². The van der Waals surface area contributed by atoms with Gasteiger partial charge in [-0.1, -0.05) is 18.2 Å². The third-order valence-electron chi connectivity index (χ3n) is 7.11. The van der Waals surface area contributed by atoms with Gasteiger partial charge in [0.1, 0.15) is 17.1 Å². The lowest BCUT2D eigenvalue weighted by molar-refractivity contribution is 0.0424. The van der Waals surface area contributed by atoms with Crippen LogP contribution in [-0.4, -0.2) is 46.8 Å². The molecule has 0 unspecified atom stereocenters. The fourth-order valence-corrected chi connectivity index (χ4v) is 5.35. The number of para-hydroxylation sites is 1. The second kappa shape index (κ2) is 8.51. The zero-order valence-corrected chi connectivity index (χ0v) is 18.3. The fraction of sp³-hybridized carbons (Fsp3) is 0.423. The van der Waals surface area contributed by atoms with Crippen molar-refractivity contribution in [3.8, 4) is 17.2 Å². The van der Waals surface area contributed by atoms with Gasteiger partial charge < -0.3 is 24.6 Å². The molecular formula is C26H29NO5. The molecule has 0 aromatic heterocycles. The molecular weight excluding hydrogens is 406 g/mol. The van der Waals surface area contributed by atoms with Crippen molar-refractivity contribution in [3.05, 3.63) is 64.9 Å². The van der Waals surface area contributed by atoms with Crippen molar-refractivity contribution >= 4 is 5.97 Å². The summed E-state index contributed by atoms with van der Waals surface area (Å²) >= 11 is 0. The van der Waals surface area contributed by atoms with Crippen LogP contribution >= 0.6 is 0 Å². The minimum atomic E-state index is -0.607. The van der Waals surface area contributed by atoms with Crippen LogP contribution < -0.4 is 4.74 Å². The van der Waals surface area contributed by atoms with Gasteiger partial charge in [0, 0.05) is 11.6 Å². The summed E-state index contributed by atoms with van der Waals surface area (Å²) in [6.45, 7) is 1.04. The maximum absolute atomic E-state index is 12.8. The number of phenolic OH excluding ortho intramolecular Hbond substituents is 2. The Bertz CT molecular complexity index is 1060. The number of allylic oxidation sites excluding steroid dienone is 1. The van der Waals surface area contributed by atoms with E-state index in [2.05, 4.69) is 11.9 Å². The summed E-state index contributed by atoms with van der Waals surface area (Å²) in [6, 6.07) is 10.5. The second-order valence-electron chi connectivity index (χ2n) is 9.11. The lowest BCUT2D eigenvalue weighted by Crippen LogP contribution is -2.43. The van der Waals surface area contributed by atoms with E-state index < -0.39 is 12.1 Å². The van der Waals surface area contributed by atoms with Gasteiger partial charge in [-0.3, -0.25) is 0 Å². The van der Waals surface area contributed by atoms with Crippen LogP contribution in [-0.2, 0) is 17.6 Å². The molecule has 5 rings (SSSR count). The van der Waals surface area contributed by atoms with E-state index in [4.69, 9.17) is 9.47 Å². The molecule has 2 aromatic carbocycles. The third kappa shape index (κ3) is 3.84. The Morgan fingerprint density at radius 2 is 1.97 bits per heavy atom. The van der Waals surface area contributed by atoms with Gasteiger partial charge in [-0.05, 0) is 87.9 Å². The van der Waals surface area contributed by atoms with E-state index in [9.17, 15) is 15.0 Å². The number of likely N-dealkylation sites (N-methyl/N-ethyl adjacent to an activating group) is 1. The fourth-order valence-electron chi connectivity index (χ4n) is 5.35. The number of benzene rings is 2. The van der Waals surface area contributed by atoms with Crippen molar-refractivity contribution < 1.29 is 24.5 Å². The second-order valence-corrected chi connectivity index (χ2v) is 9.11. The first kappa shape index (κ1) is 20.9. The highest BCUT2D eigenvalue weighted by Gasteiger charge is 2.38. The van der Waals surface area contributed by atoms with E-state index in [0.717, 1.165) is 44.2 Å². The summed E-state index contributed by atoms with van der Waals surface area (Å²) in [4.78, 5) is 15.2. The number of ether oxygens (including phenoxy) is 2. The number of aromatic hydroxyl groups is 2. The van der Waals surface area contributed by atoms with Crippen molar-refractivity contribution in [2.24, 2.45) is 5.92 Å². The molecule has 1 aliphatic carbocycles. The molecule has 6 nitrogen and oxygen atoms in total. The van der Waals surface area contributed by atoms with E-state index in [0.29, 0.717) is 29.9 Å². The molecule has 0 amide bonds. The Morgan fingerprint density at radius 3 is 2.81 bits per heavy atom. The van der Waals surface area contributed by atoms with Gasteiger partial charge in [-0.2, -0.15) is 0 Å². The molecule has 3 aliphatic rings. The van der Waals surface area contributed by atoms with Crippen molar-refractivity contribution in [3.63, 3.8) is 0 Å². The van der Waals surface area contributed by atoms with Crippen LogP contribution in [0.5, 0.6) is 17.2 Å². The van der Waals surface area contributed by atoms with E-state index in [1.54, 1.807) is 18.2 Å². The van der Waals surface area contributed by atoms with Gasteiger partial charge >= 0.3 is 5.97 Å². The first-order valence-corrected chi connectivity index (χ1v) is 11.4. The summed E-state index contributed by atoms with van der Waals surface area (Å²) in [6.07, 6.45) is 6.88. The van der Waals surface area contributed by atoms with Crippen molar-refractivity contribution in [2.45, 2.75) is 50.7 Å². The minimum Gasteiger partial charge on any atom is -0.507 e. The van der Waals surface area contributed by atoms with Crippen LogP contribution in [0.3, 0.4) is 0 Å². The summed E-state index contributed by atoms with van der Waals surface area (Å²) in [7, 11) is 2.20. The molecule has 0 spiro atoms. The topological polar surface area (TPSA) is 79.2 Å². The molecule has 32 heavy (non-hydrogen) atoms. The monoisotopic (exact) mass is 435 g/mol. The summed E-state index contributed by atoms with van der Waals surface area (Å²) < 4.78 is 12.2. The summed E-state index contributed by atoms with van der Waals surface area (Å²) in [5, 5.41) is 20.7. The molecule has 168 valence electrons. The third-order valence-corrected chi connectivity index (χ3v) is 7.11. The molecule has 6 heteroatoms. The average molecular weight is 436 g/mol. The van der Waals surface area contributed by atoms with E-state index in [-0.39, 0.29) is 17.1 Å². The van der Waals surface area contributed by atoms with Gasteiger partial charge in [0.2, 0.25) is 0 Å². The molecule has 0 fully saturated rings. The minimum absolute atomic E-state index is 0.112. The van der Waals surface area contributed by atoms with Crippen LogP contribution in [0.15, 0.2) is 48.2 Å². The summed E-state index contributed by atoms with van der Waals surface area (Å²) in [5.41, 5.74) is 2.43. The molecule has 2 heterocycles. The molecule has 3 atom stereocenters. The zero-order valence-electron chi connectivity index (χ0n) is 18.3. The molecule has 2 aliphatic heterocycles. The quantitative estimate of drug-likeness (QED) is 0.689. The number of hydrogen-bond acceptors (Lipinski definition) is 6. The van der Waals surface area contributed by atoms with Crippen LogP contribution in [0.1, 0.15) is 47.2 Å². The van der Waals surface area contributed by atoms with Gasteiger partial charge in [-0.15, -0.1) is 0 Å². The first-order chi connectivity index (χ1) is 15.5. The van der Waals surface area contributed by atoms with Gasteiger partial charge in [0.25, 0.3) is 0 Å². The van der Waals surface area contributed by atoms with Crippen molar-refractivity contribution in [1.82, 2.24) is 4.90 Å². The van der Waals surface area contributed by atoms with Gasteiger partial charge in [-0.25, -0.2) is 4.79 Å². The van der Waals surface area contributed by atoms with Crippen LogP contribution in [0, 0.1) is 5.92 Å². The smallest absolute Gasteiger partial charge is 0.347 e. The van der Waals surface area contributed by atoms with Crippen LogP contribution in [0.4, 0.5) is 0 Å². The maximum Gasteiger partial charge on any atom is 0.347 e. The summed E-state index contributed by atoms with van der Waals surface area (Å²) in [5.74, 6) is 0.722. The van der Waals surface area contributed by atoms with Gasteiger partial charge in [0.05, 0.1) is 0 Å². The Kier molecular flexibility index (Phi) is 5.55. The van der Waals surface area contributed by atoms with E-state index in [1.807, 2.05) is 12.1 Å². The molecule has 0 saturated carbocycles. The highest BCUT2D eigenvalue weighted by atomic mass is 16.6. The van der Waals surface area contributed by atoms with Crippen LogP contribution in [0.2, 0.25) is 0 Å². The van der Waals surface area contributed by atoms with Crippen molar-refractivity contribution in [1.29, 1.82) is 0 Å². The number of esters is 1. The molecule has 0 saturated heterocycles. The lowest BCUT2D eigenvalue weighted by Gasteiger charge is -2.38. The highest BCUT2D eigenvalue weighted by molar-refractivity contribution is 5.93. The number of carbonyl (C=O) groups is 1. The number of phenols is 2. The van der Waals surface area contributed by atoms with Crippen molar-refractivity contribution in [2.75, 3.05) is 13.6 Å². The number of nitrogens with zero attached hydrogens (tertiary/aromatic N) is 1. The van der Waals surface area contributed by atoms with Crippen LogP contribution in [0.25, 0.3) is 0 Å². The number of hydrogen-bond donors (Lipinski definition) is 2. The van der Waals surface area contributed by atoms with Gasteiger partial charge in [0.15, 0.2) is 17.6 Å². The predicted molar refractivity (Wildman–Crippen MR) is 120 cm³/mol. The highest BCUT2D eigenvalue weighted by Crippen LogP contribution is 2.42. The number of rotatable bonds is 2. The lowest BCUT2D eigenvalue weighted by atomic mass is 9.82. The Hall–Kier alpha value is -2.99. The standard InChI is InChI=1S/C26H29NO5/c1-27-13-5-4-6-18-16-9-11-22(29)25(18)31-24-15-17(20(27)14-16)10-12-23(24)32-26(30)19-7-2-3-8-21(19)28/h2-3,7-9,11-12,17,20,24,28-29H,4-6,10,13-15H2,1H3/t17-,20-,24-/m1/s1. The Labute approximate surface area is 188 Å². The molecule has 6 bridgehead atoms. The number of fused-ring (bicyclic) bond motifs is 4. The molecule has 0 radical (unpaired) electrons. The Balaban J connectivity index is 1.53. The zero-order chi connectivity index (χ0) is 22.2. The molecule has 2 aromatic rings.